The number of benzene rings is 2. The van der Waals surface area contributed by atoms with Crippen molar-refractivity contribution >= 4 is 17.3 Å². The molecular weight excluding hydrogens is 278 g/mol. The lowest BCUT2D eigenvalue weighted by Crippen LogP contribution is -2.01. The first-order valence-electron chi connectivity index (χ1n) is 6.08. The summed E-state index contributed by atoms with van der Waals surface area (Å²) >= 11 is 6.06. The van der Waals surface area contributed by atoms with Crippen LogP contribution in [0.4, 0.5) is 5.69 Å². The number of methoxy groups -OCH3 is 2. The van der Waals surface area contributed by atoms with Crippen molar-refractivity contribution < 1.29 is 14.6 Å². The second-order valence-electron chi connectivity index (χ2n) is 4.16. The molecule has 2 rings (SSSR count). The molecule has 4 nitrogen and oxygen atoms in total. The predicted octanol–water partition coefficient (Wildman–Crippen LogP) is 3.67. The lowest BCUT2D eigenvalue weighted by Gasteiger charge is -2.12. The normalized spacial score (nSPS) is 10.2. The van der Waals surface area contributed by atoms with Gasteiger partial charge in [0.05, 0.1) is 14.2 Å². The van der Waals surface area contributed by atoms with Crippen molar-refractivity contribution in [3.63, 3.8) is 0 Å². The van der Waals surface area contributed by atoms with Gasteiger partial charge in [-0.3, -0.25) is 0 Å². The van der Waals surface area contributed by atoms with Crippen LogP contribution in [-0.2, 0) is 6.54 Å². The minimum atomic E-state index is 0.172. The van der Waals surface area contributed by atoms with E-state index in [9.17, 15) is 5.11 Å². The third kappa shape index (κ3) is 3.08. The summed E-state index contributed by atoms with van der Waals surface area (Å²) in [5.74, 6) is 1.48. The average Bonchev–Trinajstić information content (AvgIpc) is 2.46. The highest BCUT2D eigenvalue weighted by Crippen LogP contribution is 2.31. The molecule has 0 heterocycles. The van der Waals surface area contributed by atoms with Gasteiger partial charge in [0.2, 0.25) is 0 Å². The second-order valence-corrected chi connectivity index (χ2v) is 4.57. The maximum atomic E-state index is 9.78. The Hall–Kier alpha value is -2.07. The number of nitrogens with one attached hydrogen (secondary N) is 1. The van der Waals surface area contributed by atoms with Gasteiger partial charge in [-0.1, -0.05) is 17.7 Å². The number of hydrogen-bond acceptors (Lipinski definition) is 4. The second kappa shape index (κ2) is 6.39. The van der Waals surface area contributed by atoms with E-state index in [-0.39, 0.29) is 5.75 Å². The topological polar surface area (TPSA) is 50.7 Å². The van der Waals surface area contributed by atoms with E-state index in [4.69, 9.17) is 21.1 Å². The first kappa shape index (κ1) is 14.3. The summed E-state index contributed by atoms with van der Waals surface area (Å²) < 4.78 is 10.4. The first-order valence-corrected chi connectivity index (χ1v) is 6.45. The van der Waals surface area contributed by atoms with Crippen molar-refractivity contribution in [2.45, 2.75) is 6.54 Å². The Balaban J connectivity index is 2.15. The van der Waals surface area contributed by atoms with Gasteiger partial charge in [0.1, 0.15) is 5.75 Å². The molecule has 0 fully saturated rings. The third-order valence-corrected chi connectivity index (χ3v) is 3.30. The van der Waals surface area contributed by atoms with Crippen LogP contribution >= 0.6 is 11.6 Å². The molecule has 0 unspecified atom stereocenters. The highest BCUT2D eigenvalue weighted by atomic mass is 35.5. The van der Waals surface area contributed by atoms with Crippen LogP contribution in [0, 0.1) is 0 Å². The zero-order valence-electron chi connectivity index (χ0n) is 11.3. The smallest absolute Gasteiger partial charge is 0.162 e. The molecule has 0 amide bonds. The summed E-state index contributed by atoms with van der Waals surface area (Å²) in [6.07, 6.45) is 0. The number of aromatic hydroxyl groups is 1. The highest BCUT2D eigenvalue weighted by molar-refractivity contribution is 6.31. The number of rotatable bonds is 5. The molecule has 5 heteroatoms. The van der Waals surface area contributed by atoms with Gasteiger partial charge in [0.25, 0.3) is 0 Å². The van der Waals surface area contributed by atoms with E-state index in [2.05, 4.69) is 5.32 Å². The van der Waals surface area contributed by atoms with Crippen molar-refractivity contribution in [2.24, 2.45) is 0 Å². The van der Waals surface area contributed by atoms with Gasteiger partial charge in [-0.05, 0) is 24.3 Å². The Morgan fingerprint density at radius 2 is 1.85 bits per heavy atom. The quantitative estimate of drug-likeness (QED) is 0.883. The van der Waals surface area contributed by atoms with Gasteiger partial charge in [-0.25, -0.2) is 0 Å². The number of anilines is 1. The molecule has 0 spiro atoms. The Bertz CT molecular complexity index is 581. The monoisotopic (exact) mass is 293 g/mol. The Morgan fingerprint density at radius 3 is 2.50 bits per heavy atom. The van der Waals surface area contributed by atoms with Crippen molar-refractivity contribution in [2.75, 3.05) is 19.5 Å². The number of phenolic OH excluding ortho intramolecular Hbond substituents is 1. The van der Waals surface area contributed by atoms with Crippen LogP contribution in [0.1, 0.15) is 5.56 Å². The zero-order valence-corrected chi connectivity index (χ0v) is 12.1. The molecule has 0 radical (unpaired) electrons. The molecule has 0 aromatic heterocycles. The largest absolute Gasteiger partial charge is 0.508 e. The van der Waals surface area contributed by atoms with E-state index < -0.39 is 0 Å². The molecular formula is C15H16ClNO3. The predicted molar refractivity (Wildman–Crippen MR) is 80.0 cm³/mol. The molecule has 0 aliphatic carbocycles. The number of hydrogen-bond donors (Lipinski definition) is 2. The van der Waals surface area contributed by atoms with E-state index in [0.717, 1.165) is 5.69 Å². The molecule has 0 saturated heterocycles. The maximum Gasteiger partial charge on any atom is 0.162 e. The fraction of sp³-hybridized carbons (Fsp3) is 0.200. The molecule has 20 heavy (non-hydrogen) atoms. The van der Waals surface area contributed by atoms with Gasteiger partial charge in [-0.15, -0.1) is 0 Å². The molecule has 106 valence electrons. The first-order chi connectivity index (χ1) is 9.65. The number of phenols is 1. The zero-order chi connectivity index (χ0) is 14.5. The lowest BCUT2D eigenvalue weighted by atomic mass is 10.2. The lowest BCUT2D eigenvalue weighted by molar-refractivity contribution is 0.355. The number of ether oxygens (including phenoxy) is 2. The number of halogens is 1. The molecule has 0 saturated carbocycles. The van der Waals surface area contributed by atoms with Crippen LogP contribution in [-0.4, -0.2) is 19.3 Å². The molecule has 2 N–H and O–H groups in total. The summed E-state index contributed by atoms with van der Waals surface area (Å²) in [7, 11) is 3.17. The van der Waals surface area contributed by atoms with Crippen molar-refractivity contribution in [3.05, 3.63) is 47.0 Å². The van der Waals surface area contributed by atoms with Gasteiger partial charge in [0, 0.05) is 28.9 Å². The fourth-order valence-corrected chi connectivity index (χ4v) is 2.10. The maximum absolute atomic E-state index is 9.78. The van der Waals surface area contributed by atoms with Crippen LogP contribution < -0.4 is 14.8 Å². The SMILES string of the molecule is COc1ccc(NCc2c(O)cccc2Cl)cc1OC. The highest BCUT2D eigenvalue weighted by Gasteiger charge is 2.07. The van der Waals surface area contributed by atoms with Crippen LogP contribution in [0.25, 0.3) is 0 Å². The fourth-order valence-electron chi connectivity index (χ4n) is 1.86. The van der Waals surface area contributed by atoms with Gasteiger partial charge >= 0.3 is 0 Å². The van der Waals surface area contributed by atoms with Gasteiger partial charge < -0.3 is 19.9 Å². The van der Waals surface area contributed by atoms with Gasteiger partial charge in [-0.2, -0.15) is 0 Å². The summed E-state index contributed by atoms with van der Waals surface area (Å²) in [5.41, 5.74) is 1.51. The van der Waals surface area contributed by atoms with Crippen LogP contribution in [0.3, 0.4) is 0 Å². The van der Waals surface area contributed by atoms with Crippen LogP contribution in [0.2, 0.25) is 5.02 Å². The molecule has 2 aromatic carbocycles. The molecule has 0 aliphatic rings. The van der Waals surface area contributed by atoms with Crippen molar-refractivity contribution in [3.8, 4) is 17.2 Å². The molecule has 0 atom stereocenters. The van der Waals surface area contributed by atoms with Crippen molar-refractivity contribution in [1.82, 2.24) is 0 Å². The summed E-state index contributed by atoms with van der Waals surface area (Å²) in [4.78, 5) is 0. The minimum absolute atomic E-state index is 0.172. The Morgan fingerprint density at radius 1 is 1.10 bits per heavy atom. The third-order valence-electron chi connectivity index (χ3n) is 2.95. The van der Waals surface area contributed by atoms with Gasteiger partial charge in [0.15, 0.2) is 11.5 Å². The Kier molecular flexibility index (Phi) is 4.58. The van der Waals surface area contributed by atoms with Crippen LogP contribution in [0.5, 0.6) is 17.2 Å². The molecule has 0 aliphatic heterocycles. The summed E-state index contributed by atoms with van der Waals surface area (Å²) in [6.45, 7) is 0.418. The van der Waals surface area contributed by atoms with E-state index >= 15 is 0 Å². The van der Waals surface area contributed by atoms with E-state index in [1.807, 2.05) is 18.2 Å². The van der Waals surface area contributed by atoms with E-state index in [1.54, 1.807) is 32.4 Å². The standard InChI is InChI=1S/C15H16ClNO3/c1-19-14-7-6-10(8-15(14)20-2)17-9-11-12(16)4-3-5-13(11)18/h3-8,17-18H,9H2,1-2H3. The Labute approximate surface area is 122 Å². The molecule has 2 aromatic rings. The average molecular weight is 294 g/mol. The van der Waals surface area contributed by atoms with Crippen LogP contribution in [0.15, 0.2) is 36.4 Å². The van der Waals surface area contributed by atoms with Crippen molar-refractivity contribution in [1.29, 1.82) is 0 Å². The molecule has 0 bridgehead atoms. The minimum Gasteiger partial charge on any atom is -0.508 e. The summed E-state index contributed by atoms with van der Waals surface area (Å²) in [6, 6.07) is 10.6. The van der Waals surface area contributed by atoms with E-state index in [0.29, 0.717) is 28.6 Å². The van der Waals surface area contributed by atoms with E-state index in [1.165, 1.54) is 0 Å². The summed E-state index contributed by atoms with van der Waals surface area (Å²) in [5, 5.41) is 13.5.